The van der Waals surface area contributed by atoms with Gasteiger partial charge in [-0.1, -0.05) is 6.07 Å². The Hall–Kier alpha value is -2.58. The number of carbonyl (C=O) groups excluding carboxylic acids is 1. The Morgan fingerprint density at radius 1 is 1.06 bits per heavy atom. The second-order valence-electron chi connectivity index (χ2n) is 10.6. The second kappa shape index (κ2) is 11.2. The molecule has 36 heavy (non-hydrogen) atoms. The topological polar surface area (TPSA) is 53.0 Å². The summed E-state index contributed by atoms with van der Waals surface area (Å²) in [5, 5.41) is 9.80. The first kappa shape index (κ1) is 26.5. The van der Waals surface area contributed by atoms with Crippen LogP contribution in [0.25, 0.3) is 11.1 Å². The number of carbonyl (C=O) groups is 1. The molecule has 1 amide bonds. The molecule has 0 unspecified atom stereocenters. The number of amides is 1. The molecule has 0 spiro atoms. The minimum atomic E-state index is -1.21. The Balaban J connectivity index is 1.35. The fourth-order valence-electron chi connectivity index (χ4n) is 5.04. The van der Waals surface area contributed by atoms with Crippen molar-refractivity contribution in [3.05, 3.63) is 53.6 Å². The van der Waals surface area contributed by atoms with Gasteiger partial charge in [-0.05, 0) is 88.4 Å². The predicted molar refractivity (Wildman–Crippen MR) is 133 cm³/mol. The molecule has 0 radical (unpaired) electrons. The predicted octanol–water partition coefficient (Wildman–Crippen LogP) is 5.07. The molecular weight excluding hydrogens is 469 g/mol. The van der Waals surface area contributed by atoms with Crippen LogP contribution in [0.1, 0.15) is 49.9 Å². The fraction of sp³-hybridized carbons (Fsp3) is 0.536. The van der Waals surface area contributed by atoms with Crippen molar-refractivity contribution in [1.29, 1.82) is 0 Å². The minimum Gasteiger partial charge on any atom is -0.493 e. The Kier molecular flexibility index (Phi) is 8.25. The number of piperidine rings is 2. The van der Waals surface area contributed by atoms with E-state index in [1.54, 1.807) is 26.0 Å². The number of benzene rings is 2. The molecule has 1 N–H and O–H groups in total. The lowest BCUT2D eigenvalue weighted by Gasteiger charge is -2.34. The van der Waals surface area contributed by atoms with Crippen LogP contribution in [0.2, 0.25) is 0 Å². The van der Waals surface area contributed by atoms with Crippen molar-refractivity contribution < 1.29 is 27.8 Å². The summed E-state index contributed by atoms with van der Waals surface area (Å²) in [6.45, 7) is 6.35. The third-order valence-corrected chi connectivity index (χ3v) is 6.93. The minimum absolute atomic E-state index is 0.0886. The van der Waals surface area contributed by atoms with Crippen LogP contribution in [0.5, 0.6) is 5.75 Å². The summed E-state index contributed by atoms with van der Waals surface area (Å²) >= 11 is 0. The Labute approximate surface area is 210 Å². The van der Waals surface area contributed by atoms with Crippen molar-refractivity contribution in [2.24, 2.45) is 5.92 Å². The van der Waals surface area contributed by atoms with Crippen molar-refractivity contribution in [3.8, 4) is 16.9 Å². The van der Waals surface area contributed by atoms with Crippen LogP contribution in [0.4, 0.5) is 13.2 Å². The number of β-amino-alcohol motifs (C(OH)–C–C–N with tert-alkyl or cyclic N) is 1. The van der Waals surface area contributed by atoms with E-state index in [-0.39, 0.29) is 17.7 Å². The molecule has 4 rings (SSSR count). The Bertz CT molecular complexity index is 1060. The van der Waals surface area contributed by atoms with Crippen molar-refractivity contribution in [1.82, 2.24) is 9.80 Å². The van der Waals surface area contributed by atoms with Gasteiger partial charge >= 0.3 is 0 Å². The zero-order chi connectivity index (χ0) is 25.9. The van der Waals surface area contributed by atoms with Gasteiger partial charge in [0.1, 0.15) is 23.1 Å². The summed E-state index contributed by atoms with van der Waals surface area (Å²) in [4.78, 5) is 16.2. The van der Waals surface area contributed by atoms with Crippen LogP contribution >= 0.6 is 0 Å². The van der Waals surface area contributed by atoms with E-state index >= 15 is 0 Å². The quantitative estimate of drug-likeness (QED) is 0.572. The Morgan fingerprint density at radius 3 is 2.44 bits per heavy atom. The van der Waals surface area contributed by atoms with Crippen molar-refractivity contribution in [2.75, 3.05) is 39.3 Å². The van der Waals surface area contributed by atoms with Crippen LogP contribution in [0.3, 0.4) is 0 Å². The first-order valence-electron chi connectivity index (χ1n) is 12.7. The van der Waals surface area contributed by atoms with Gasteiger partial charge in [-0.25, -0.2) is 13.2 Å². The lowest BCUT2D eigenvalue weighted by atomic mass is 9.96. The number of alkyl halides is 1. The number of rotatable bonds is 7. The molecule has 2 heterocycles. The number of ether oxygens (including phenoxy) is 1. The van der Waals surface area contributed by atoms with E-state index in [1.165, 1.54) is 29.2 Å². The molecule has 8 heteroatoms. The van der Waals surface area contributed by atoms with Gasteiger partial charge in [0, 0.05) is 31.3 Å². The SMILES string of the molecule is CC(C)(F)CN1CCC(COc2ccc(-c3ccc(C(=O)N4CCC[C@@H](O)C4)c(F)c3)c(F)c2)CC1. The highest BCUT2D eigenvalue weighted by molar-refractivity contribution is 5.95. The number of likely N-dealkylation sites (tertiary alicyclic amines) is 2. The zero-order valence-corrected chi connectivity index (χ0v) is 21.0. The van der Waals surface area contributed by atoms with Gasteiger partial charge in [-0.3, -0.25) is 4.79 Å². The molecule has 0 aromatic heterocycles. The van der Waals surface area contributed by atoms with E-state index in [0.29, 0.717) is 49.8 Å². The summed E-state index contributed by atoms with van der Waals surface area (Å²) < 4.78 is 49.4. The molecule has 2 aliphatic rings. The summed E-state index contributed by atoms with van der Waals surface area (Å²) in [7, 11) is 0. The molecule has 2 fully saturated rings. The highest BCUT2D eigenvalue weighted by Crippen LogP contribution is 2.29. The van der Waals surface area contributed by atoms with Gasteiger partial charge in [0.25, 0.3) is 5.91 Å². The van der Waals surface area contributed by atoms with E-state index in [0.717, 1.165) is 25.9 Å². The smallest absolute Gasteiger partial charge is 0.256 e. The lowest BCUT2D eigenvalue weighted by molar-refractivity contribution is 0.0470. The highest BCUT2D eigenvalue weighted by atomic mass is 19.1. The lowest BCUT2D eigenvalue weighted by Crippen LogP contribution is -2.42. The first-order chi connectivity index (χ1) is 17.1. The number of nitrogens with zero attached hydrogens (tertiary/aromatic N) is 2. The van der Waals surface area contributed by atoms with E-state index in [4.69, 9.17) is 4.74 Å². The van der Waals surface area contributed by atoms with E-state index in [2.05, 4.69) is 4.90 Å². The van der Waals surface area contributed by atoms with Gasteiger partial charge in [-0.2, -0.15) is 0 Å². The van der Waals surface area contributed by atoms with Crippen LogP contribution in [0.15, 0.2) is 36.4 Å². The second-order valence-corrected chi connectivity index (χ2v) is 10.6. The standard InChI is InChI=1S/C28H35F3N2O3/c1-28(2,31)18-32-12-9-19(10-13-32)17-36-22-6-8-23(26(30)15-22)20-5-7-24(25(29)14-20)27(35)33-11-3-4-21(34)16-33/h5-8,14-15,19,21,34H,3-4,9-13,16-18H2,1-2H3/t21-/m1/s1. The fourth-order valence-corrected chi connectivity index (χ4v) is 5.04. The molecule has 1 atom stereocenters. The average Bonchev–Trinajstić information content (AvgIpc) is 2.82. The van der Waals surface area contributed by atoms with Gasteiger partial charge in [0.15, 0.2) is 0 Å². The maximum Gasteiger partial charge on any atom is 0.256 e. The normalized spacial score (nSPS) is 19.9. The maximum absolute atomic E-state index is 14.9. The van der Waals surface area contributed by atoms with Crippen LogP contribution in [0, 0.1) is 17.6 Å². The van der Waals surface area contributed by atoms with E-state index in [1.807, 2.05) is 0 Å². The zero-order valence-electron chi connectivity index (χ0n) is 21.0. The molecule has 5 nitrogen and oxygen atoms in total. The van der Waals surface area contributed by atoms with Crippen LogP contribution < -0.4 is 4.74 Å². The number of halogens is 3. The largest absolute Gasteiger partial charge is 0.493 e. The maximum atomic E-state index is 14.9. The van der Waals surface area contributed by atoms with Crippen LogP contribution in [-0.4, -0.2) is 71.9 Å². The Morgan fingerprint density at radius 2 is 1.81 bits per heavy atom. The summed E-state index contributed by atoms with van der Waals surface area (Å²) in [6, 6.07) is 8.57. The molecule has 2 aromatic carbocycles. The molecule has 0 bridgehead atoms. The molecule has 2 aromatic rings. The van der Waals surface area contributed by atoms with E-state index < -0.39 is 29.3 Å². The molecule has 2 saturated heterocycles. The molecule has 2 aliphatic heterocycles. The van der Waals surface area contributed by atoms with Gasteiger partial charge in [0.2, 0.25) is 0 Å². The summed E-state index contributed by atoms with van der Waals surface area (Å²) in [5.74, 6) is -1.00. The van der Waals surface area contributed by atoms with Crippen LogP contribution in [-0.2, 0) is 0 Å². The van der Waals surface area contributed by atoms with Crippen molar-refractivity contribution in [2.45, 2.75) is 51.3 Å². The van der Waals surface area contributed by atoms with E-state index in [9.17, 15) is 23.1 Å². The number of aliphatic hydroxyl groups is 1. The molecule has 0 aliphatic carbocycles. The van der Waals surface area contributed by atoms with Crippen molar-refractivity contribution >= 4 is 5.91 Å². The molecule has 196 valence electrons. The molecular formula is C28H35F3N2O3. The third kappa shape index (κ3) is 6.79. The number of aliphatic hydroxyl groups excluding tert-OH is 1. The summed E-state index contributed by atoms with van der Waals surface area (Å²) in [5.41, 5.74) is -0.752. The average molecular weight is 505 g/mol. The highest BCUT2D eigenvalue weighted by Gasteiger charge is 2.27. The summed E-state index contributed by atoms with van der Waals surface area (Å²) in [6.07, 6.45) is 2.50. The van der Waals surface area contributed by atoms with Gasteiger partial charge in [-0.15, -0.1) is 0 Å². The van der Waals surface area contributed by atoms with Gasteiger partial charge in [0.05, 0.1) is 18.3 Å². The number of hydrogen-bond donors (Lipinski definition) is 1. The third-order valence-electron chi connectivity index (χ3n) is 6.93. The van der Waals surface area contributed by atoms with Gasteiger partial charge < -0.3 is 19.6 Å². The monoisotopic (exact) mass is 504 g/mol. The first-order valence-corrected chi connectivity index (χ1v) is 12.7. The number of hydrogen-bond acceptors (Lipinski definition) is 4. The molecule has 0 saturated carbocycles. The van der Waals surface area contributed by atoms with Crippen molar-refractivity contribution in [3.63, 3.8) is 0 Å².